The lowest BCUT2D eigenvalue weighted by Crippen LogP contribution is -2.17. The molecule has 21 heavy (non-hydrogen) atoms. The fourth-order valence-corrected chi connectivity index (χ4v) is 3.95. The fourth-order valence-electron chi connectivity index (χ4n) is 2.89. The zero-order valence-corrected chi connectivity index (χ0v) is 13.0. The average Bonchev–Trinajstić information content (AvgIpc) is 3.44. The molecule has 0 aliphatic heterocycles. The summed E-state index contributed by atoms with van der Waals surface area (Å²) in [5.74, 6) is 1.28. The molecule has 2 unspecified atom stereocenters. The van der Waals surface area contributed by atoms with Crippen LogP contribution in [0.15, 0.2) is 30.3 Å². The van der Waals surface area contributed by atoms with Gasteiger partial charge in [0.1, 0.15) is 10.0 Å². The minimum absolute atomic E-state index is 0.614. The molecule has 0 bridgehead atoms. The number of rotatable bonds is 7. The van der Waals surface area contributed by atoms with Gasteiger partial charge in [-0.15, -0.1) is 21.5 Å². The Hall–Kier alpha value is -1.26. The van der Waals surface area contributed by atoms with Gasteiger partial charge in [0, 0.05) is 18.4 Å². The van der Waals surface area contributed by atoms with E-state index in [1.54, 1.807) is 0 Å². The Bertz CT molecular complexity index is 591. The summed E-state index contributed by atoms with van der Waals surface area (Å²) < 4.78 is 0. The summed E-state index contributed by atoms with van der Waals surface area (Å²) in [5.41, 5.74) is 1.45. The largest absolute Gasteiger partial charge is 0.314 e. The molecule has 110 valence electrons. The third-order valence-electron chi connectivity index (χ3n) is 4.40. The Kier molecular flexibility index (Phi) is 3.74. The third-order valence-corrected chi connectivity index (χ3v) is 5.51. The van der Waals surface area contributed by atoms with Gasteiger partial charge in [0.2, 0.25) is 0 Å². The Morgan fingerprint density at radius 1 is 1.10 bits per heavy atom. The number of hydrogen-bond donors (Lipinski definition) is 1. The predicted molar refractivity (Wildman–Crippen MR) is 85.8 cm³/mol. The van der Waals surface area contributed by atoms with Crippen molar-refractivity contribution in [3.8, 4) is 0 Å². The molecule has 0 amide bonds. The summed E-state index contributed by atoms with van der Waals surface area (Å²) in [7, 11) is 0. The normalized spacial score (nSPS) is 24.2. The van der Waals surface area contributed by atoms with Crippen molar-refractivity contribution in [3.05, 3.63) is 45.9 Å². The van der Waals surface area contributed by atoms with E-state index >= 15 is 0 Å². The van der Waals surface area contributed by atoms with Crippen molar-refractivity contribution in [3.63, 3.8) is 0 Å². The molecule has 1 N–H and O–H groups in total. The van der Waals surface area contributed by atoms with Gasteiger partial charge in [0.25, 0.3) is 0 Å². The van der Waals surface area contributed by atoms with Gasteiger partial charge in [0.15, 0.2) is 0 Å². The van der Waals surface area contributed by atoms with Gasteiger partial charge < -0.3 is 5.32 Å². The highest BCUT2D eigenvalue weighted by atomic mass is 32.1. The van der Waals surface area contributed by atoms with Crippen LogP contribution in [-0.4, -0.2) is 22.8 Å². The van der Waals surface area contributed by atoms with Crippen LogP contribution in [0.2, 0.25) is 0 Å². The predicted octanol–water partition coefficient (Wildman–Crippen LogP) is 3.49. The van der Waals surface area contributed by atoms with Crippen LogP contribution >= 0.6 is 11.3 Å². The smallest absolute Gasteiger partial charge is 0.121 e. The standard InChI is InChI=1S/C17H21N3S/c1-2-5-12(6-3-1)14-11-15(14)17-20-19-16(21-17)7-4-10-18-13-8-9-13/h1-3,5-6,13-15,18H,4,7-11H2. The van der Waals surface area contributed by atoms with Crippen molar-refractivity contribution in [1.82, 2.24) is 15.5 Å². The quantitative estimate of drug-likeness (QED) is 0.795. The summed E-state index contributed by atoms with van der Waals surface area (Å²) in [6.45, 7) is 1.12. The van der Waals surface area contributed by atoms with Crippen molar-refractivity contribution < 1.29 is 0 Å². The first-order valence-electron chi connectivity index (χ1n) is 8.01. The molecule has 1 aromatic carbocycles. The van der Waals surface area contributed by atoms with Gasteiger partial charge >= 0.3 is 0 Å². The van der Waals surface area contributed by atoms with E-state index in [1.807, 2.05) is 11.3 Å². The van der Waals surface area contributed by atoms with Crippen molar-refractivity contribution in [2.24, 2.45) is 0 Å². The molecule has 2 aliphatic rings. The molecule has 2 saturated carbocycles. The molecule has 0 saturated heterocycles. The Balaban J connectivity index is 1.29. The number of nitrogens with one attached hydrogen (secondary N) is 1. The van der Waals surface area contributed by atoms with E-state index in [-0.39, 0.29) is 0 Å². The summed E-state index contributed by atoms with van der Waals surface area (Å²) in [6.07, 6.45) is 6.22. The SMILES string of the molecule is c1ccc(C2CC2c2nnc(CCCNC3CC3)s2)cc1. The van der Waals surface area contributed by atoms with Gasteiger partial charge in [0.05, 0.1) is 0 Å². The number of aromatic nitrogens is 2. The molecule has 1 heterocycles. The first kappa shape index (κ1) is 13.4. The second-order valence-corrected chi connectivity index (χ2v) is 7.32. The molecule has 4 heteroatoms. The van der Waals surface area contributed by atoms with Crippen molar-refractivity contribution in [1.29, 1.82) is 0 Å². The zero-order valence-electron chi connectivity index (χ0n) is 12.2. The van der Waals surface area contributed by atoms with Crippen LogP contribution in [0.1, 0.15) is 53.1 Å². The lowest BCUT2D eigenvalue weighted by atomic mass is 10.1. The Morgan fingerprint density at radius 3 is 2.76 bits per heavy atom. The van der Waals surface area contributed by atoms with Crippen molar-refractivity contribution >= 4 is 11.3 Å². The van der Waals surface area contributed by atoms with Crippen LogP contribution in [0.4, 0.5) is 0 Å². The van der Waals surface area contributed by atoms with Gasteiger partial charge in [-0.2, -0.15) is 0 Å². The lowest BCUT2D eigenvalue weighted by Gasteiger charge is -1.99. The number of nitrogens with zero attached hydrogens (tertiary/aromatic N) is 2. The molecular weight excluding hydrogens is 278 g/mol. The highest BCUT2D eigenvalue weighted by Gasteiger charge is 2.41. The highest BCUT2D eigenvalue weighted by Crippen LogP contribution is 2.55. The maximum Gasteiger partial charge on any atom is 0.121 e. The van der Waals surface area contributed by atoms with Gasteiger partial charge in [-0.3, -0.25) is 0 Å². The molecule has 2 aliphatic carbocycles. The molecule has 0 spiro atoms. The molecule has 1 aromatic heterocycles. The summed E-state index contributed by atoms with van der Waals surface area (Å²) in [5, 5.41) is 14.8. The van der Waals surface area contributed by atoms with Crippen LogP contribution in [0.25, 0.3) is 0 Å². The fraction of sp³-hybridized carbons (Fsp3) is 0.529. The summed E-state index contributed by atoms with van der Waals surface area (Å²) >= 11 is 1.83. The third kappa shape index (κ3) is 3.33. The molecule has 2 aromatic rings. The van der Waals surface area contributed by atoms with E-state index < -0.39 is 0 Å². The van der Waals surface area contributed by atoms with E-state index in [1.165, 1.54) is 41.3 Å². The first-order valence-corrected chi connectivity index (χ1v) is 8.82. The van der Waals surface area contributed by atoms with Crippen LogP contribution in [0, 0.1) is 0 Å². The lowest BCUT2D eigenvalue weighted by molar-refractivity contribution is 0.643. The van der Waals surface area contributed by atoms with Crippen molar-refractivity contribution in [2.45, 2.75) is 50.0 Å². The van der Waals surface area contributed by atoms with Crippen LogP contribution in [-0.2, 0) is 6.42 Å². The minimum atomic E-state index is 0.614. The second kappa shape index (κ2) is 5.85. The Morgan fingerprint density at radius 2 is 1.95 bits per heavy atom. The van der Waals surface area contributed by atoms with Gasteiger partial charge in [-0.1, -0.05) is 30.3 Å². The van der Waals surface area contributed by atoms with E-state index in [2.05, 4.69) is 45.8 Å². The average molecular weight is 299 g/mol. The second-order valence-electron chi connectivity index (χ2n) is 6.23. The van der Waals surface area contributed by atoms with Crippen LogP contribution < -0.4 is 5.32 Å². The number of hydrogen-bond acceptors (Lipinski definition) is 4. The summed E-state index contributed by atoms with van der Waals surface area (Å²) in [4.78, 5) is 0. The molecule has 2 atom stereocenters. The topological polar surface area (TPSA) is 37.8 Å². The van der Waals surface area contributed by atoms with E-state index in [4.69, 9.17) is 0 Å². The first-order chi connectivity index (χ1) is 10.4. The monoisotopic (exact) mass is 299 g/mol. The molecule has 3 nitrogen and oxygen atoms in total. The van der Waals surface area contributed by atoms with Crippen LogP contribution in [0.5, 0.6) is 0 Å². The van der Waals surface area contributed by atoms with E-state index in [0.717, 1.165) is 19.0 Å². The maximum absolute atomic E-state index is 4.43. The maximum atomic E-state index is 4.43. The van der Waals surface area contributed by atoms with Gasteiger partial charge in [-0.25, -0.2) is 0 Å². The Labute approximate surface area is 129 Å². The molecule has 2 fully saturated rings. The van der Waals surface area contributed by atoms with E-state index in [9.17, 15) is 0 Å². The summed E-state index contributed by atoms with van der Waals surface area (Å²) in [6, 6.07) is 11.6. The number of benzene rings is 1. The molecular formula is C17H21N3S. The molecule has 4 rings (SSSR count). The minimum Gasteiger partial charge on any atom is -0.314 e. The van der Waals surface area contributed by atoms with Crippen LogP contribution in [0.3, 0.4) is 0 Å². The molecule has 0 radical (unpaired) electrons. The van der Waals surface area contributed by atoms with Gasteiger partial charge in [-0.05, 0) is 43.7 Å². The van der Waals surface area contributed by atoms with E-state index in [0.29, 0.717) is 11.8 Å². The van der Waals surface area contributed by atoms with Crippen molar-refractivity contribution in [2.75, 3.05) is 6.54 Å². The number of aryl methyl sites for hydroxylation is 1. The zero-order chi connectivity index (χ0) is 14.1. The highest BCUT2D eigenvalue weighted by molar-refractivity contribution is 7.11.